The van der Waals surface area contributed by atoms with Gasteiger partial charge in [-0.25, -0.2) is 9.97 Å². The van der Waals surface area contributed by atoms with E-state index in [1.807, 2.05) is 35.7 Å². The lowest BCUT2D eigenvalue weighted by atomic mass is 10.2. The monoisotopic (exact) mass is 310 g/mol. The van der Waals surface area contributed by atoms with Crippen LogP contribution in [-0.2, 0) is 0 Å². The topological polar surface area (TPSA) is 73.9 Å². The summed E-state index contributed by atoms with van der Waals surface area (Å²) in [6.07, 6.45) is 1.70. The summed E-state index contributed by atoms with van der Waals surface area (Å²) in [7, 11) is 1.64. The van der Waals surface area contributed by atoms with Crippen LogP contribution in [0.15, 0.2) is 46.4 Å². The largest absolute Gasteiger partial charge is 0.497 e. The van der Waals surface area contributed by atoms with Crippen LogP contribution in [0.3, 0.4) is 0 Å². The van der Waals surface area contributed by atoms with Gasteiger partial charge in [0.25, 0.3) is 5.89 Å². The van der Waals surface area contributed by atoms with Crippen molar-refractivity contribution in [2.45, 2.75) is 0 Å². The van der Waals surface area contributed by atoms with Crippen LogP contribution >= 0.6 is 11.3 Å². The van der Waals surface area contributed by atoms with Gasteiger partial charge in [0.15, 0.2) is 5.01 Å². The fourth-order valence-electron chi connectivity index (χ4n) is 2.10. The maximum atomic E-state index is 5.24. The Morgan fingerprint density at radius 2 is 2.09 bits per heavy atom. The fraction of sp³-hybridized carbons (Fsp3) is 0.0667. The molecule has 6 nitrogen and oxygen atoms in total. The van der Waals surface area contributed by atoms with Crippen molar-refractivity contribution >= 4 is 22.2 Å². The number of hydrogen-bond donors (Lipinski definition) is 0. The van der Waals surface area contributed by atoms with Gasteiger partial charge in [0.1, 0.15) is 11.4 Å². The van der Waals surface area contributed by atoms with Crippen LogP contribution in [0.25, 0.3) is 33.3 Å². The van der Waals surface area contributed by atoms with Gasteiger partial charge < -0.3 is 9.26 Å². The van der Waals surface area contributed by atoms with Gasteiger partial charge in [-0.05, 0) is 24.3 Å². The normalized spacial score (nSPS) is 11.0. The fourth-order valence-corrected chi connectivity index (χ4v) is 2.65. The molecule has 0 saturated heterocycles. The number of aromatic nitrogens is 4. The van der Waals surface area contributed by atoms with Crippen molar-refractivity contribution in [3.05, 3.63) is 41.9 Å². The van der Waals surface area contributed by atoms with Crippen molar-refractivity contribution in [2.24, 2.45) is 0 Å². The molecule has 7 heteroatoms. The highest BCUT2D eigenvalue weighted by atomic mass is 32.1. The summed E-state index contributed by atoms with van der Waals surface area (Å²) in [4.78, 5) is 13.1. The number of pyridine rings is 1. The summed E-state index contributed by atoms with van der Waals surface area (Å²) in [6, 6.07) is 9.52. The van der Waals surface area contributed by atoms with Crippen LogP contribution in [-0.4, -0.2) is 27.2 Å². The Balaban J connectivity index is 1.75. The summed E-state index contributed by atoms with van der Waals surface area (Å²) >= 11 is 1.45. The Kier molecular flexibility index (Phi) is 3.05. The zero-order valence-electron chi connectivity index (χ0n) is 11.6. The number of methoxy groups -OCH3 is 1. The van der Waals surface area contributed by atoms with E-state index < -0.39 is 0 Å². The molecule has 1 aromatic carbocycles. The molecule has 108 valence electrons. The van der Waals surface area contributed by atoms with Crippen molar-refractivity contribution < 1.29 is 9.26 Å². The van der Waals surface area contributed by atoms with Gasteiger partial charge in [0, 0.05) is 17.0 Å². The molecule has 4 rings (SSSR count). The summed E-state index contributed by atoms with van der Waals surface area (Å²) in [5.41, 5.74) is 1.50. The van der Waals surface area contributed by atoms with Crippen molar-refractivity contribution in [1.29, 1.82) is 0 Å². The van der Waals surface area contributed by atoms with Gasteiger partial charge in [-0.2, -0.15) is 4.98 Å². The van der Waals surface area contributed by atoms with Crippen LogP contribution in [0.4, 0.5) is 0 Å². The van der Waals surface area contributed by atoms with Crippen LogP contribution in [0, 0.1) is 0 Å². The zero-order valence-corrected chi connectivity index (χ0v) is 12.4. The molecule has 0 aliphatic rings. The third-order valence-corrected chi connectivity index (χ3v) is 3.93. The molecular weight excluding hydrogens is 300 g/mol. The second kappa shape index (κ2) is 5.19. The van der Waals surface area contributed by atoms with Gasteiger partial charge in [0.05, 0.1) is 12.6 Å². The molecule has 0 N–H and O–H groups in total. The lowest BCUT2D eigenvalue weighted by Gasteiger charge is -2.02. The molecule has 0 bridgehead atoms. The number of nitrogens with zero attached hydrogens (tertiary/aromatic N) is 4. The summed E-state index contributed by atoms with van der Waals surface area (Å²) in [6.45, 7) is 0. The Morgan fingerprint density at radius 1 is 1.14 bits per heavy atom. The smallest absolute Gasteiger partial charge is 0.287 e. The van der Waals surface area contributed by atoms with E-state index in [1.165, 1.54) is 11.3 Å². The maximum Gasteiger partial charge on any atom is 0.287 e. The lowest BCUT2D eigenvalue weighted by Crippen LogP contribution is -1.88. The molecule has 0 radical (unpaired) electrons. The predicted molar refractivity (Wildman–Crippen MR) is 82.7 cm³/mol. The minimum absolute atomic E-state index is 0.404. The third-order valence-electron chi connectivity index (χ3n) is 3.17. The molecule has 0 aliphatic carbocycles. The van der Waals surface area contributed by atoms with Gasteiger partial charge in [0.2, 0.25) is 5.82 Å². The summed E-state index contributed by atoms with van der Waals surface area (Å²) in [5.74, 6) is 1.65. The lowest BCUT2D eigenvalue weighted by molar-refractivity contribution is 0.415. The number of rotatable bonds is 3. The molecule has 22 heavy (non-hydrogen) atoms. The summed E-state index contributed by atoms with van der Waals surface area (Å²) < 4.78 is 10.4. The van der Waals surface area contributed by atoms with Gasteiger partial charge in [-0.1, -0.05) is 11.2 Å². The Labute approximate surface area is 129 Å². The van der Waals surface area contributed by atoms with E-state index in [9.17, 15) is 0 Å². The second-order valence-electron chi connectivity index (χ2n) is 4.52. The first-order valence-corrected chi connectivity index (χ1v) is 7.40. The molecule has 0 aliphatic heterocycles. The van der Waals surface area contributed by atoms with Gasteiger partial charge in [-0.15, -0.1) is 11.3 Å². The van der Waals surface area contributed by atoms with Crippen LogP contribution < -0.4 is 4.74 Å². The average molecular weight is 310 g/mol. The first-order chi connectivity index (χ1) is 10.8. The molecule has 0 spiro atoms. The first kappa shape index (κ1) is 12.9. The third kappa shape index (κ3) is 2.21. The van der Waals surface area contributed by atoms with Gasteiger partial charge >= 0.3 is 0 Å². The molecule has 0 unspecified atom stereocenters. The van der Waals surface area contributed by atoms with E-state index in [0.717, 1.165) is 16.7 Å². The summed E-state index contributed by atoms with van der Waals surface area (Å²) in [5, 5.41) is 7.53. The molecule has 0 fully saturated rings. The molecular formula is C15H10N4O2S. The van der Waals surface area contributed by atoms with Crippen molar-refractivity contribution in [2.75, 3.05) is 7.11 Å². The predicted octanol–water partition coefficient (Wildman–Crippen LogP) is 3.42. The van der Waals surface area contributed by atoms with Gasteiger partial charge in [-0.3, -0.25) is 0 Å². The van der Waals surface area contributed by atoms with E-state index >= 15 is 0 Å². The SMILES string of the molecule is COc1ccc2nc(-c3noc(-c4nccs4)n3)ccc2c1. The Morgan fingerprint density at radius 3 is 2.91 bits per heavy atom. The Bertz CT molecular complexity index is 934. The highest BCUT2D eigenvalue weighted by Crippen LogP contribution is 2.25. The van der Waals surface area contributed by atoms with E-state index in [2.05, 4.69) is 20.1 Å². The molecule has 3 aromatic heterocycles. The highest BCUT2D eigenvalue weighted by Gasteiger charge is 2.13. The number of benzene rings is 1. The van der Waals surface area contributed by atoms with Crippen LogP contribution in [0.1, 0.15) is 0 Å². The minimum atomic E-state index is 0.404. The number of ether oxygens (including phenoxy) is 1. The zero-order chi connectivity index (χ0) is 14.9. The van der Waals surface area contributed by atoms with E-state index in [-0.39, 0.29) is 0 Å². The quantitative estimate of drug-likeness (QED) is 0.577. The van der Waals surface area contributed by atoms with Crippen molar-refractivity contribution in [3.63, 3.8) is 0 Å². The molecule has 0 atom stereocenters. The molecule has 4 aromatic rings. The average Bonchev–Trinajstić information content (AvgIpc) is 3.24. The highest BCUT2D eigenvalue weighted by molar-refractivity contribution is 7.12. The second-order valence-corrected chi connectivity index (χ2v) is 5.41. The van der Waals surface area contributed by atoms with Crippen LogP contribution in [0.2, 0.25) is 0 Å². The van der Waals surface area contributed by atoms with Crippen molar-refractivity contribution in [1.82, 2.24) is 20.1 Å². The van der Waals surface area contributed by atoms with Crippen LogP contribution in [0.5, 0.6) is 5.75 Å². The molecule has 0 saturated carbocycles. The van der Waals surface area contributed by atoms with Crippen molar-refractivity contribution in [3.8, 4) is 28.2 Å². The first-order valence-electron chi connectivity index (χ1n) is 6.52. The number of thiazole rings is 1. The maximum absolute atomic E-state index is 5.24. The molecule has 3 heterocycles. The van der Waals surface area contributed by atoms with E-state index in [0.29, 0.717) is 22.4 Å². The van der Waals surface area contributed by atoms with E-state index in [4.69, 9.17) is 9.26 Å². The Hall–Kier alpha value is -2.80. The number of hydrogen-bond acceptors (Lipinski definition) is 7. The standard InChI is InChI=1S/C15H10N4O2S/c1-20-10-3-5-11-9(8-10)2-4-12(17-11)13-18-14(21-19-13)15-16-6-7-22-15/h2-8H,1H3. The number of fused-ring (bicyclic) bond motifs is 1. The van der Waals surface area contributed by atoms with E-state index in [1.54, 1.807) is 13.3 Å². The minimum Gasteiger partial charge on any atom is -0.497 e. The molecule has 0 amide bonds.